The van der Waals surface area contributed by atoms with Crippen LogP contribution in [0.15, 0.2) is 12.1 Å². The van der Waals surface area contributed by atoms with Gasteiger partial charge in [-0.05, 0) is 77.0 Å². The Kier molecular flexibility index (Phi) is 5.94. The minimum Gasteiger partial charge on any atom is -0.504 e. The van der Waals surface area contributed by atoms with Crippen LogP contribution in [0.5, 0.6) is 34.5 Å². The third kappa shape index (κ3) is 3.29. The van der Waals surface area contributed by atoms with Gasteiger partial charge in [0.1, 0.15) is 0 Å². The van der Waals surface area contributed by atoms with Crippen molar-refractivity contribution in [2.75, 3.05) is 0 Å². The van der Waals surface area contributed by atoms with Crippen LogP contribution in [0.25, 0.3) is 0 Å². The van der Waals surface area contributed by atoms with Crippen molar-refractivity contribution in [3.8, 4) is 34.5 Å². The van der Waals surface area contributed by atoms with Gasteiger partial charge in [0.25, 0.3) is 0 Å². The molecule has 0 aromatic heterocycles. The van der Waals surface area contributed by atoms with Gasteiger partial charge in [-0.1, -0.05) is 55.4 Å². The van der Waals surface area contributed by atoms with Crippen molar-refractivity contribution >= 4 is 0 Å². The van der Waals surface area contributed by atoms with Gasteiger partial charge in [-0.3, -0.25) is 0 Å². The molecule has 0 bridgehead atoms. The van der Waals surface area contributed by atoms with Gasteiger partial charge in [0.05, 0.1) is 0 Å². The Hall–Kier alpha value is -2.76. The number of fused-ring (bicyclic) bond motifs is 4. The monoisotopic (exact) mass is 498 g/mol. The molecule has 2 aromatic rings. The number of phenolic OH excluding ortho intramolecular Hbond substituents is 6. The van der Waals surface area contributed by atoms with E-state index in [0.29, 0.717) is 29.4 Å². The largest absolute Gasteiger partial charge is 0.504 e. The van der Waals surface area contributed by atoms with Crippen LogP contribution in [0.1, 0.15) is 96.9 Å². The number of aromatic hydroxyl groups is 6. The van der Waals surface area contributed by atoms with E-state index in [9.17, 15) is 30.6 Å². The maximum atomic E-state index is 11.5. The van der Waals surface area contributed by atoms with Gasteiger partial charge < -0.3 is 30.6 Å². The third-order valence-electron chi connectivity index (χ3n) is 8.91. The van der Waals surface area contributed by atoms with E-state index < -0.39 is 27.7 Å². The molecule has 0 radical (unpaired) electrons. The van der Waals surface area contributed by atoms with E-state index >= 15 is 0 Å². The Balaban J connectivity index is 2.24. The molecule has 2 aliphatic carbocycles. The van der Waals surface area contributed by atoms with E-state index in [1.54, 1.807) is 12.1 Å². The lowest BCUT2D eigenvalue weighted by molar-refractivity contribution is 0.125. The van der Waals surface area contributed by atoms with Crippen molar-refractivity contribution in [2.45, 2.75) is 90.9 Å². The Labute approximate surface area is 214 Å². The summed E-state index contributed by atoms with van der Waals surface area (Å²) in [6, 6.07) is 3.14. The van der Waals surface area contributed by atoms with Gasteiger partial charge in [0.15, 0.2) is 23.0 Å². The highest BCUT2D eigenvalue weighted by Crippen LogP contribution is 2.73. The van der Waals surface area contributed by atoms with Gasteiger partial charge in [0, 0.05) is 16.5 Å². The number of phenols is 6. The van der Waals surface area contributed by atoms with Crippen LogP contribution >= 0.6 is 0 Å². The summed E-state index contributed by atoms with van der Waals surface area (Å²) in [7, 11) is 0. The van der Waals surface area contributed by atoms with Crippen molar-refractivity contribution < 1.29 is 30.6 Å². The smallest absolute Gasteiger partial charge is 0.200 e. The zero-order valence-corrected chi connectivity index (χ0v) is 22.8. The second-order valence-electron chi connectivity index (χ2n) is 13.1. The fourth-order valence-electron chi connectivity index (χ4n) is 8.74. The van der Waals surface area contributed by atoms with Crippen LogP contribution in [0.4, 0.5) is 0 Å². The highest BCUT2D eigenvalue weighted by Gasteiger charge is 2.67. The van der Waals surface area contributed by atoms with Crippen LogP contribution in [0.3, 0.4) is 0 Å². The predicted octanol–water partition coefficient (Wildman–Crippen LogP) is 6.50. The van der Waals surface area contributed by atoms with Crippen molar-refractivity contribution in [1.82, 2.24) is 0 Å². The zero-order chi connectivity index (χ0) is 27.1. The van der Waals surface area contributed by atoms with Gasteiger partial charge in [0.2, 0.25) is 11.5 Å². The summed E-state index contributed by atoms with van der Waals surface area (Å²) in [6.45, 7) is 17.1. The fraction of sp³-hybridized carbons (Fsp3) is 0.600. The van der Waals surface area contributed by atoms with E-state index in [-0.39, 0.29) is 34.8 Å². The maximum Gasteiger partial charge on any atom is 0.200 e. The first-order valence-corrected chi connectivity index (χ1v) is 13.1. The van der Waals surface area contributed by atoms with Crippen molar-refractivity contribution in [3.05, 3.63) is 34.4 Å². The molecule has 4 rings (SSSR count). The second-order valence-corrected chi connectivity index (χ2v) is 13.1. The molecule has 0 amide bonds. The summed E-state index contributed by atoms with van der Waals surface area (Å²) < 4.78 is 0. The summed E-state index contributed by atoms with van der Waals surface area (Å²) in [5.74, 6) is -2.13. The lowest BCUT2D eigenvalue weighted by atomic mass is 9.57. The van der Waals surface area contributed by atoms with Gasteiger partial charge >= 0.3 is 0 Å². The number of hydrogen-bond acceptors (Lipinski definition) is 6. The summed E-state index contributed by atoms with van der Waals surface area (Å²) in [5, 5.41) is 65.6. The van der Waals surface area contributed by atoms with Crippen LogP contribution in [-0.2, 0) is 16.2 Å². The molecule has 0 fully saturated rings. The minimum absolute atomic E-state index is 0.0782. The normalized spacial score (nSPS) is 29.0. The third-order valence-corrected chi connectivity index (χ3v) is 8.91. The van der Waals surface area contributed by atoms with Crippen LogP contribution in [0, 0.1) is 23.7 Å². The summed E-state index contributed by atoms with van der Waals surface area (Å²) in [4.78, 5) is 0. The molecule has 1 spiro atoms. The highest BCUT2D eigenvalue weighted by molar-refractivity contribution is 5.74. The van der Waals surface area contributed by atoms with E-state index in [4.69, 9.17) is 0 Å². The molecule has 36 heavy (non-hydrogen) atoms. The maximum absolute atomic E-state index is 11.5. The molecule has 6 heteroatoms. The van der Waals surface area contributed by atoms with Crippen molar-refractivity contribution in [3.63, 3.8) is 0 Å². The van der Waals surface area contributed by atoms with Gasteiger partial charge in [-0.25, -0.2) is 0 Å². The molecule has 0 saturated carbocycles. The molecule has 0 saturated heterocycles. The summed E-state index contributed by atoms with van der Waals surface area (Å²) in [6.07, 6.45) is 2.04. The van der Waals surface area contributed by atoms with Crippen molar-refractivity contribution in [2.24, 2.45) is 23.7 Å². The molecular formula is C30H42O6. The molecule has 198 valence electrons. The lowest BCUT2D eigenvalue weighted by Gasteiger charge is -2.45. The van der Waals surface area contributed by atoms with Crippen LogP contribution in [-0.4, -0.2) is 30.6 Å². The fourth-order valence-corrected chi connectivity index (χ4v) is 8.74. The van der Waals surface area contributed by atoms with Crippen molar-refractivity contribution in [1.29, 1.82) is 0 Å². The molecule has 6 N–H and O–H groups in total. The van der Waals surface area contributed by atoms with Gasteiger partial charge in [-0.2, -0.15) is 0 Å². The molecular weight excluding hydrogens is 456 g/mol. The minimum atomic E-state index is -0.962. The molecule has 0 heterocycles. The quantitative estimate of drug-likeness (QED) is 0.262. The molecule has 2 aromatic carbocycles. The van der Waals surface area contributed by atoms with Gasteiger partial charge in [-0.15, -0.1) is 0 Å². The van der Waals surface area contributed by atoms with E-state index in [0.717, 1.165) is 24.0 Å². The van der Waals surface area contributed by atoms with Crippen LogP contribution in [0.2, 0.25) is 0 Å². The Morgan fingerprint density at radius 2 is 1.14 bits per heavy atom. The topological polar surface area (TPSA) is 121 Å². The Morgan fingerprint density at radius 3 is 1.58 bits per heavy atom. The predicted molar refractivity (Wildman–Crippen MR) is 140 cm³/mol. The highest BCUT2D eigenvalue weighted by atomic mass is 16.3. The Morgan fingerprint density at radius 1 is 0.694 bits per heavy atom. The first-order valence-electron chi connectivity index (χ1n) is 13.1. The number of benzene rings is 2. The molecule has 0 aliphatic heterocycles. The average molecular weight is 499 g/mol. The first-order chi connectivity index (χ1) is 16.5. The molecule has 2 aliphatic rings. The number of rotatable bonds is 5. The molecule has 4 atom stereocenters. The standard InChI is InChI=1S/C30H42O6/c1-14(2)11-28(7)13-30(21-17(28)9-19(31)23(33)25(21)35)22-18(10-20(32)24(34)26(22)36)29(8,12-15(3)4)27(30)16(5)6/h9-10,14-16,27,31-36H,11-13H2,1-8H3. The summed E-state index contributed by atoms with van der Waals surface area (Å²) in [5.41, 5.74) is 0.565. The zero-order valence-electron chi connectivity index (χ0n) is 22.8. The number of hydrogen-bond donors (Lipinski definition) is 6. The first kappa shape index (κ1) is 26.3. The molecule has 4 unspecified atom stereocenters. The second kappa shape index (κ2) is 8.12. The van der Waals surface area contributed by atoms with E-state index in [1.807, 2.05) is 0 Å². The van der Waals surface area contributed by atoms with E-state index in [1.165, 1.54) is 0 Å². The lowest BCUT2D eigenvalue weighted by Crippen LogP contribution is -2.44. The van der Waals surface area contributed by atoms with Crippen LogP contribution < -0.4 is 0 Å². The average Bonchev–Trinajstić information content (AvgIpc) is 3.08. The Bertz CT molecular complexity index is 1190. The van der Waals surface area contributed by atoms with E-state index in [2.05, 4.69) is 55.4 Å². The summed E-state index contributed by atoms with van der Waals surface area (Å²) >= 11 is 0. The SMILES string of the molecule is CC(C)CC1(C)CC2(c3c1cc(O)c(O)c3O)c1c(cc(O)c(O)c1O)C(C)(CC(C)C)C2C(C)C. The molecule has 6 nitrogen and oxygen atoms in total.